The molecule has 8 nitrogen and oxygen atoms in total. The lowest BCUT2D eigenvalue weighted by atomic mass is 9.93. The Kier molecular flexibility index (Phi) is 6.41. The fraction of sp³-hybridized carbons (Fsp3) is 0.485. The number of rotatable bonds is 6. The molecule has 2 aromatic carbocycles. The van der Waals surface area contributed by atoms with E-state index in [1.165, 1.54) is 6.07 Å². The summed E-state index contributed by atoms with van der Waals surface area (Å²) in [5.74, 6) is 0.566. The molecular formula is C33H36F2N6O2. The molecule has 4 atom stereocenters. The van der Waals surface area contributed by atoms with Gasteiger partial charge in [0.2, 0.25) is 0 Å². The third kappa shape index (κ3) is 4.57. The third-order valence-corrected chi connectivity index (χ3v) is 10.1. The van der Waals surface area contributed by atoms with Gasteiger partial charge in [-0.1, -0.05) is 13.0 Å². The molecule has 4 aromatic rings. The van der Waals surface area contributed by atoms with Gasteiger partial charge in [0, 0.05) is 49.9 Å². The average Bonchev–Trinajstić information content (AvgIpc) is 3.65. The van der Waals surface area contributed by atoms with E-state index in [9.17, 15) is 13.9 Å². The first-order chi connectivity index (χ1) is 20.9. The van der Waals surface area contributed by atoms with Gasteiger partial charge < -0.3 is 20.1 Å². The molecule has 2 bridgehead atoms. The molecule has 10 heteroatoms. The maximum atomic E-state index is 14.9. The Morgan fingerprint density at radius 3 is 2.77 bits per heavy atom. The molecule has 0 aliphatic carbocycles. The summed E-state index contributed by atoms with van der Waals surface area (Å²) in [4.78, 5) is 19.1. The van der Waals surface area contributed by atoms with E-state index in [-0.39, 0.29) is 23.1 Å². The van der Waals surface area contributed by atoms with Crippen molar-refractivity contribution in [3.8, 4) is 22.9 Å². The summed E-state index contributed by atoms with van der Waals surface area (Å²) in [5.41, 5.74) is 3.00. The molecule has 2 aromatic heterocycles. The highest BCUT2D eigenvalue weighted by atomic mass is 19.1. The molecule has 0 unspecified atom stereocenters. The Morgan fingerprint density at radius 2 is 1.95 bits per heavy atom. The third-order valence-electron chi connectivity index (χ3n) is 10.1. The van der Waals surface area contributed by atoms with Gasteiger partial charge in [0.25, 0.3) is 0 Å². The van der Waals surface area contributed by atoms with E-state index in [1.54, 1.807) is 24.4 Å². The number of ether oxygens (including phenoxy) is 1. The smallest absolute Gasteiger partial charge is 0.319 e. The summed E-state index contributed by atoms with van der Waals surface area (Å²) in [6, 6.07) is 9.47. The van der Waals surface area contributed by atoms with Crippen molar-refractivity contribution in [2.75, 3.05) is 37.7 Å². The lowest BCUT2D eigenvalue weighted by Crippen LogP contribution is -2.51. The van der Waals surface area contributed by atoms with Crippen molar-refractivity contribution in [1.29, 1.82) is 0 Å². The number of hydrogen-bond acceptors (Lipinski definition) is 8. The van der Waals surface area contributed by atoms with Gasteiger partial charge in [-0.15, -0.1) is 0 Å². The first kappa shape index (κ1) is 27.0. The highest BCUT2D eigenvalue weighted by Crippen LogP contribution is 2.41. The molecule has 4 aliphatic heterocycles. The van der Waals surface area contributed by atoms with E-state index in [2.05, 4.69) is 15.1 Å². The van der Waals surface area contributed by atoms with Gasteiger partial charge in [-0.2, -0.15) is 9.97 Å². The molecule has 0 spiro atoms. The monoisotopic (exact) mass is 586 g/mol. The minimum Gasteiger partial charge on any atom is -0.508 e. The van der Waals surface area contributed by atoms with Gasteiger partial charge in [-0.05, 0) is 84.8 Å². The van der Waals surface area contributed by atoms with Crippen molar-refractivity contribution in [1.82, 2.24) is 25.2 Å². The van der Waals surface area contributed by atoms with Crippen LogP contribution in [-0.4, -0.2) is 81.5 Å². The Labute approximate surface area is 249 Å². The molecule has 4 saturated heterocycles. The SMILES string of the molecule is CCc1c(F)ccc2cc(O)cc(-c3cnc4c(N5C[C@H]6CC[C@@H](C5)N6)nc(OC[C@@]56CCCN5C[C@H](F)C6)nc4c3)c12. The van der Waals surface area contributed by atoms with Crippen molar-refractivity contribution in [3.05, 3.63) is 47.9 Å². The van der Waals surface area contributed by atoms with Crippen molar-refractivity contribution >= 4 is 27.6 Å². The molecule has 6 heterocycles. The molecule has 2 N–H and O–H groups in total. The normalized spacial score (nSPS) is 27.0. The van der Waals surface area contributed by atoms with Crippen LogP contribution < -0.4 is 15.0 Å². The standard InChI is InChI=1S/C33H36F2N6O2/c1-2-25-27(35)7-4-19-10-24(42)12-26(29(19)25)20-11-28-30(36-14-20)31(40-16-22-5-6-23(17-40)37-22)39-32(38-28)43-18-33-8-3-9-41(33)15-21(34)13-33/h4,7,10-12,14,21-23,37,42H,2-3,5-6,8-9,13,15-18H2,1H3/t21-,22-,23+,33+/m1/s1. The molecule has 0 saturated carbocycles. The lowest BCUT2D eigenvalue weighted by Gasteiger charge is -2.34. The quantitative estimate of drug-likeness (QED) is 0.321. The van der Waals surface area contributed by atoms with E-state index in [1.807, 2.05) is 13.0 Å². The van der Waals surface area contributed by atoms with Gasteiger partial charge in [0.05, 0.1) is 11.1 Å². The number of aryl methyl sites for hydroxylation is 1. The Bertz CT molecular complexity index is 1720. The van der Waals surface area contributed by atoms with Gasteiger partial charge >= 0.3 is 6.01 Å². The molecule has 43 heavy (non-hydrogen) atoms. The zero-order valence-electron chi connectivity index (χ0n) is 24.3. The predicted octanol–water partition coefficient (Wildman–Crippen LogP) is 5.15. The minimum absolute atomic E-state index is 0.100. The average molecular weight is 587 g/mol. The minimum atomic E-state index is -0.838. The highest BCUT2D eigenvalue weighted by molar-refractivity contribution is 6.01. The summed E-state index contributed by atoms with van der Waals surface area (Å²) in [6.07, 6.45) is 6.12. The van der Waals surface area contributed by atoms with E-state index in [4.69, 9.17) is 19.7 Å². The second-order valence-corrected chi connectivity index (χ2v) is 12.8. The first-order valence-electron chi connectivity index (χ1n) is 15.5. The van der Waals surface area contributed by atoms with Gasteiger partial charge in [-0.25, -0.2) is 8.78 Å². The number of hydrogen-bond donors (Lipinski definition) is 2. The summed E-state index contributed by atoms with van der Waals surface area (Å²) in [7, 11) is 0. The number of fused-ring (bicyclic) bond motifs is 5. The number of aromatic nitrogens is 3. The summed E-state index contributed by atoms with van der Waals surface area (Å²) < 4.78 is 35.7. The van der Waals surface area contributed by atoms with Gasteiger partial charge in [0.15, 0.2) is 5.82 Å². The number of alkyl halides is 1. The molecule has 0 radical (unpaired) electrons. The summed E-state index contributed by atoms with van der Waals surface area (Å²) in [6.45, 7) is 5.27. The van der Waals surface area contributed by atoms with Crippen LogP contribution in [0.15, 0.2) is 36.5 Å². The van der Waals surface area contributed by atoms with Crippen LogP contribution in [-0.2, 0) is 6.42 Å². The highest BCUT2D eigenvalue weighted by Gasteiger charge is 2.49. The molecule has 4 aliphatic rings. The topological polar surface area (TPSA) is 86.6 Å². The van der Waals surface area contributed by atoms with E-state index < -0.39 is 6.17 Å². The number of phenols is 1. The zero-order valence-corrected chi connectivity index (χ0v) is 24.3. The Balaban J connectivity index is 1.24. The van der Waals surface area contributed by atoms with Crippen LogP contribution in [0.3, 0.4) is 0 Å². The molecule has 8 rings (SSSR count). The number of phenolic OH excluding ortho intramolecular Hbond substituents is 1. The molecular weight excluding hydrogens is 550 g/mol. The van der Waals surface area contributed by atoms with Crippen LogP contribution >= 0.6 is 0 Å². The number of anilines is 1. The van der Waals surface area contributed by atoms with Crippen molar-refractivity contribution < 1.29 is 18.6 Å². The van der Waals surface area contributed by atoms with Gasteiger partial charge in [0.1, 0.15) is 29.9 Å². The van der Waals surface area contributed by atoms with Gasteiger partial charge in [-0.3, -0.25) is 9.88 Å². The summed E-state index contributed by atoms with van der Waals surface area (Å²) in [5, 5.41) is 15.8. The number of nitrogens with zero attached hydrogens (tertiary/aromatic N) is 5. The van der Waals surface area contributed by atoms with Crippen molar-refractivity contribution in [3.63, 3.8) is 0 Å². The number of benzene rings is 2. The number of aromatic hydroxyl groups is 1. The van der Waals surface area contributed by atoms with E-state index >= 15 is 0 Å². The predicted molar refractivity (Wildman–Crippen MR) is 162 cm³/mol. The number of piperazine rings is 1. The Hall–Kier alpha value is -3.63. The second kappa shape index (κ2) is 10.2. The van der Waals surface area contributed by atoms with E-state index in [0.29, 0.717) is 60.2 Å². The van der Waals surface area contributed by atoms with Crippen molar-refractivity contribution in [2.45, 2.75) is 69.2 Å². The van der Waals surface area contributed by atoms with Crippen LogP contribution in [0.5, 0.6) is 11.8 Å². The number of pyridine rings is 1. The Morgan fingerprint density at radius 1 is 1.12 bits per heavy atom. The van der Waals surface area contributed by atoms with Crippen LogP contribution in [0.4, 0.5) is 14.6 Å². The van der Waals surface area contributed by atoms with Crippen molar-refractivity contribution in [2.24, 2.45) is 0 Å². The number of halogens is 2. The molecule has 224 valence electrons. The largest absolute Gasteiger partial charge is 0.508 e. The number of nitrogens with one attached hydrogen (secondary N) is 1. The second-order valence-electron chi connectivity index (χ2n) is 12.8. The zero-order chi connectivity index (χ0) is 29.3. The fourth-order valence-corrected chi connectivity index (χ4v) is 8.11. The fourth-order valence-electron chi connectivity index (χ4n) is 8.11. The van der Waals surface area contributed by atoms with Crippen LogP contribution in [0.25, 0.3) is 32.9 Å². The van der Waals surface area contributed by atoms with Crippen LogP contribution in [0.1, 0.15) is 44.6 Å². The van der Waals surface area contributed by atoms with E-state index in [0.717, 1.165) is 67.5 Å². The summed E-state index contributed by atoms with van der Waals surface area (Å²) >= 11 is 0. The maximum absolute atomic E-state index is 14.9. The maximum Gasteiger partial charge on any atom is 0.319 e. The van der Waals surface area contributed by atoms with Crippen LogP contribution in [0, 0.1) is 5.82 Å². The lowest BCUT2D eigenvalue weighted by molar-refractivity contribution is 0.107. The molecule has 0 amide bonds. The molecule has 4 fully saturated rings. The first-order valence-corrected chi connectivity index (χ1v) is 15.5. The van der Waals surface area contributed by atoms with Crippen LogP contribution in [0.2, 0.25) is 0 Å².